The SMILES string of the molecule is COC(=O)N(Cc1cc(C(F)(F)F)cc(C(F)(F)F)c1)C1CC(C(C)C)N(C(=O)O)c2ccc(C(F)(F)F)cc21. The lowest BCUT2D eigenvalue weighted by molar-refractivity contribution is -0.143. The van der Waals surface area contributed by atoms with Crippen LogP contribution in [0.3, 0.4) is 0 Å². The molecule has 2 unspecified atom stereocenters. The minimum Gasteiger partial charge on any atom is -0.465 e. The second-order valence-corrected chi connectivity index (χ2v) is 9.50. The van der Waals surface area contributed by atoms with Gasteiger partial charge in [-0.05, 0) is 59.9 Å². The quantitative estimate of drug-likeness (QED) is 0.369. The predicted octanol–water partition coefficient (Wildman–Crippen LogP) is 7.97. The fourth-order valence-electron chi connectivity index (χ4n) is 4.69. The molecule has 1 heterocycles. The number of nitrogens with zero attached hydrogens (tertiary/aromatic N) is 2. The molecule has 3 rings (SSSR count). The smallest absolute Gasteiger partial charge is 0.416 e. The fourth-order valence-corrected chi connectivity index (χ4v) is 4.69. The maximum atomic E-state index is 13.6. The molecular weight excluding hydrogens is 563 g/mol. The van der Waals surface area contributed by atoms with Crippen LogP contribution in [0.25, 0.3) is 0 Å². The average molecular weight is 586 g/mol. The number of amides is 2. The summed E-state index contributed by atoms with van der Waals surface area (Å²) in [5.74, 6) is -0.459. The van der Waals surface area contributed by atoms with Crippen molar-refractivity contribution in [2.75, 3.05) is 12.0 Å². The molecule has 6 nitrogen and oxygen atoms in total. The van der Waals surface area contributed by atoms with Crippen molar-refractivity contribution in [1.29, 1.82) is 0 Å². The van der Waals surface area contributed by atoms with Crippen LogP contribution in [0, 0.1) is 5.92 Å². The predicted molar refractivity (Wildman–Crippen MR) is 122 cm³/mol. The molecule has 40 heavy (non-hydrogen) atoms. The van der Waals surface area contributed by atoms with Gasteiger partial charge in [0.05, 0.1) is 35.5 Å². The Morgan fingerprint density at radius 1 is 0.925 bits per heavy atom. The number of benzene rings is 2. The molecule has 2 aromatic rings. The number of ether oxygens (including phenoxy) is 1. The Bertz CT molecular complexity index is 1240. The van der Waals surface area contributed by atoms with Gasteiger partial charge in [-0.25, -0.2) is 9.59 Å². The minimum absolute atomic E-state index is 0.100. The standard InChI is InChI=1S/C25H23F9N2O4/c1-12(2)19-10-20(17-9-14(23(26,27)28)4-5-18(17)36(19)21(37)38)35(22(39)40-3)11-13-6-15(24(29,30)31)8-16(7-13)25(32,33)34/h4-9,12,19-20H,10-11H2,1-3H3,(H,37,38). The summed E-state index contributed by atoms with van der Waals surface area (Å²) >= 11 is 0. The number of fused-ring (bicyclic) bond motifs is 1. The number of alkyl halides is 9. The monoisotopic (exact) mass is 586 g/mol. The molecule has 0 aliphatic carbocycles. The first-order valence-corrected chi connectivity index (χ1v) is 11.6. The first-order valence-electron chi connectivity index (χ1n) is 11.6. The van der Waals surface area contributed by atoms with Crippen molar-refractivity contribution in [1.82, 2.24) is 4.90 Å². The normalized spacial score (nSPS) is 18.0. The van der Waals surface area contributed by atoms with E-state index in [1.807, 2.05) is 0 Å². The molecule has 0 aromatic heterocycles. The number of halogens is 9. The van der Waals surface area contributed by atoms with E-state index in [0.29, 0.717) is 29.2 Å². The van der Waals surface area contributed by atoms with E-state index in [0.717, 1.165) is 18.1 Å². The van der Waals surface area contributed by atoms with Gasteiger partial charge < -0.3 is 9.84 Å². The number of hydrogen-bond donors (Lipinski definition) is 1. The summed E-state index contributed by atoms with van der Waals surface area (Å²) in [6.07, 6.45) is -18.3. The van der Waals surface area contributed by atoms with E-state index in [1.54, 1.807) is 13.8 Å². The van der Waals surface area contributed by atoms with Crippen LogP contribution in [0.2, 0.25) is 0 Å². The van der Waals surface area contributed by atoms with E-state index >= 15 is 0 Å². The molecular formula is C25H23F9N2O4. The lowest BCUT2D eigenvalue weighted by Crippen LogP contribution is -2.50. The molecule has 0 radical (unpaired) electrons. The Kier molecular flexibility index (Phi) is 8.28. The summed E-state index contributed by atoms with van der Waals surface area (Å²) in [6.45, 7) is 2.30. The molecule has 15 heteroatoms. The molecule has 1 aliphatic heterocycles. The van der Waals surface area contributed by atoms with E-state index in [-0.39, 0.29) is 23.7 Å². The minimum atomic E-state index is -5.18. The molecule has 1 N–H and O–H groups in total. The fraction of sp³-hybridized carbons (Fsp3) is 0.440. The molecule has 0 saturated carbocycles. The highest BCUT2D eigenvalue weighted by Crippen LogP contribution is 2.46. The van der Waals surface area contributed by atoms with Crippen LogP contribution in [-0.4, -0.2) is 35.3 Å². The third-order valence-corrected chi connectivity index (χ3v) is 6.53. The number of methoxy groups -OCH3 is 1. The van der Waals surface area contributed by atoms with Crippen LogP contribution in [0.15, 0.2) is 36.4 Å². The molecule has 2 atom stereocenters. The molecule has 2 amide bonds. The maximum absolute atomic E-state index is 13.6. The number of carbonyl (C=O) groups excluding carboxylic acids is 1. The van der Waals surface area contributed by atoms with Crippen LogP contribution in [0.5, 0.6) is 0 Å². The highest BCUT2D eigenvalue weighted by molar-refractivity contribution is 5.89. The zero-order chi connectivity index (χ0) is 30.4. The second-order valence-electron chi connectivity index (χ2n) is 9.50. The Morgan fingerprint density at radius 3 is 1.88 bits per heavy atom. The number of carboxylic acid groups (broad SMARTS) is 1. The Hall–Kier alpha value is -3.65. The van der Waals surface area contributed by atoms with E-state index in [2.05, 4.69) is 0 Å². The van der Waals surface area contributed by atoms with Crippen LogP contribution >= 0.6 is 0 Å². The first kappa shape index (κ1) is 30.9. The van der Waals surface area contributed by atoms with E-state index in [4.69, 9.17) is 4.74 Å². The van der Waals surface area contributed by atoms with Crippen molar-refractivity contribution < 1.29 is 58.9 Å². The Balaban J connectivity index is 2.25. The Labute approximate surface area is 221 Å². The zero-order valence-corrected chi connectivity index (χ0v) is 21.1. The number of rotatable bonds is 4. The summed E-state index contributed by atoms with van der Waals surface area (Å²) in [5, 5.41) is 9.85. The van der Waals surface area contributed by atoms with Crippen LogP contribution in [0.1, 0.15) is 54.1 Å². The van der Waals surface area contributed by atoms with Gasteiger partial charge in [-0.1, -0.05) is 13.8 Å². The lowest BCUT2D eigenvalue weighted by Gasteiger charge is -2.44. The van der Waals surface area contributed by atoms with Gasteiger partial charge in [-0.3, -0.25) is 9.80 Å². The first-order chi connectivity index (χ1) is 18.3. The molecule has 2 aromatic carbocycles. The second kappa shape index (κ2) is 10.7. The van der Waals surface area contributed by atoms with Crippen molar-refractivity contribution in [3.8, 4) is 0 Å². The van der Waals surface area contributed by atoms with Gasteiger partial charge in [0.2, 0.25) is 0 Å². The molecule has 0 fully saturated rings. The third-order valence-electron chi connectivity index (χ3n) is 6.53. The largest absolute Gasteiger partial charge is 0.465 e. The van der Waals surface area contributed by atoms with Gasteiger partial charge in [0, 0.05) is 12.6 Å². The number of carbonyl (C=O) groups is 2. The van der Waals surface area contributed by atoms with Crippen molar-refractivity contribution >= 4 is 17.9 Å². The van der Waals surface area contributed by atoms with Gasteiger partial charge in [0.1, 0.15) is 0 Å². The van der Waals surface area contributed by atoms with E-state index in [9.17, 15) is 54.2 Å². The molecule has 1 aliphatic rings. The van der Waals surface area contributed by atoms with Crippen molar-refractivity contribution in [3.63, 3.8) is 0 Å². The highest BCUT2D eigenvalue weighted by Gasteiger charge is 2.44. The third kappa shape index (κ3) is 6.39. The zero-order valence-electron chi connectivity index (χ0n) is 21.1. The van der Waals surface area contributed by atoms with Gasteiger partial charge in [0.15, 0.2) is 0 Å². The maximum Gasteiger partial charge on any atom is 0.416 e. The lowest BCUT2D eigenvalue weighted by atomic mass is 9.84. The van der Waals surface area contributed by atoms with Crippen LogP contribution < -0.4 is 4.90 Å². The van der Waals surface area contributed by atoms with E-state index in [1.165, 1.54) is 0 Å². The summed E-state index contributed by atoms with van der Waals surface area (Å²) < 4.78 is 126. The van der Waals surface area contributed by atoms with Crippen molar-refractivity contribution in [2.45, 2.75) is 57.4 Å². The molecule has 0 bridgehead atoms. The summed E-state index contributed by atoms with van der Waals surface area (Å²) in [7, 11) is 0.877. The van der Waals surface area contributed by atoms with Gasteiger partial charge >= 0.3 is 30.7 Å². The summed E-state index contributed by atoms with van der Waals surface area (Å²) in [6, 6.07) is 0.499. The summed E-state index contributed by atoms with van der Waals surface area (Å²) in [4.78, 5) is 26.5. The van der Waals surface area contributed by atoms with Gasteiger partial charge in [-0.2, -0.15) is 39.5 Å². The molecule has 0 saturated heterocycles. The van der Waals surface area contributed by atoms with Crippen LogP contribution in [0.4, 0.5) is 54.8 Å². The number of anilines is 1. The number of hydrogen-bond acceptors (Lipinski definition) is 3. The highest BCUT2D eigenvalue weighted by atomic mass is 19.4. The van der Waals surface area contributed by atoms with Gasteiger partial charge in [0.25, 0.3) is 0 Å². The van der Waals surface area contributed by atoms with Crippen molar-refractivity contribution in [3.05, 3.63) is 64.2 Å². The van der Waals surface area contributed by atoms with Gasteiger partial charge in [-0.15, -0.1) is 0 Å². The van der Waals surface area contributed by atoms with Crippen LogP contribution in [-0.2, 0) is 29.8 Å². The van der Waals surface area contributed by atoms with Crippen molar-refractivity contribution in [2.24, 2.45) is 5.92 Å². The van der Waals surface area contributed by atoms with E-state index < -0.39 is 77.5 Å². The molecule has 220 valence electrons. The average Bonchev–Trinajstić information content (AvgIpc) is 2.83. The Morgan fingerprint density at radius 2 is 1.45 bits per heavy atom. The molecule has 0 spiro atoms. The summed E-state index contributed by atoms with van der Waals surface area (Å²) in [5.41, 5.74) is -5.66. The topological polar surface area (TPSA) is 70.1 Å².